The van der Waals surface area contributed by atoms with E-state index in [2.05, 4.69) is 22.2 Å². The first-order chi connectivity index (χ1) is 10.2. The first kappa shape index (κ1) is 13.8. The van der Waals surface area contributed by atoms with E-state index in [-0.39, 0.29) is 11.8 Å². The number of thiazole rings is 1. The highest BCUT2D eigenvalue weighted by Gasteiger charge is 2.30. The molecular formula is C16H17N3OS. The first-order valence-corrected chi connectivity index (χ1v) is 7.75. The van der Waals surface area contributed by atoms with Gasteiger partial charge in [-0.2, -0.15) is 0 Å². The predicted molar refractivity (Wildman–Crippen MR) is 88.2 cm³/mol. The van der Waals surface area contributed by atoms with Crippen LogP contribution in [-0.4, -0.2) is 17.9 Å². The van der Waals surface area contributed by atoms with E-state index < -0.39 is 0 Å². The van der Waals surface area contributed by atoms with Crippen molar-refractivity contribution >= 4 is 38.2 Å². The highest BCUT2D eigenvalue weighted by atomic mass is 32.1. The van der Waals surface area contributed by atoms with Crippen LogP contribution < -0.4 is 10.6 Å². The minimum Gasteiger partial charge on any atom is -0.393 e. The van der Waals surface area contributed by atoms with Crippen molar-refractivity contribution in [1.29, 1.82) is 0 Å². The van der Waals surface area contributed by atoms with Gasteiger partial charge in [-0.25, -0.2) is 4.98 Å². The van der Waals surface area contributed by atoms with Crippen LogP contribution in [0.5, 0.6) is 0 Å². The summed E-state index contributed by atoms with van der Waals surface area (Å²) in [6.07, 6.45) is 5.71. The van der Waals surface area contributed by atoms with Gasteiger partial charge in [-0.3, -0.25) is 4.79 Å². The molecule has 4 nitrogen and oxygen atoms in total. The van der Waals surface area contributed by atoms with Crippen LogP contribution in [0.15, 0.2) is 37.1 Å². The van der Waals surface area contributed by atoms with Crippen molar-refractivity contribution in [3.63, 3.8) is 0 Å². The fourth-order valence-corrected chi connectivity index (χ4v) is 3.19. The maximum absolute atomic E-state index is 11.8. The average molecular weight is 299 g/mol. The zero-order chi connectivity index (χ0) is 14.8. The Bertz CT molecular complexity index is 728. The van der Waals surface area contributed by atoms with E-state index in [0.717, 1.165) is 34.2 Å². The van der Waals surface area contributed by atoms with Crippen molar-refractivity contribution in [1.82, 2.24) is 10.3 Å². The van der Waals surface area contributed by atoms with Crippen LogP contribution in [0, 0.1) is 5.92 Å². The lowest BCUT2D eigenvalue weighted by atomic mass is 10.1. The average Bonchev–Trinajstić information content (AvgIpc) is 3.25. The molecule has 1 heterocycles. The zero-order valence-electron chi connectivity index (χ0n) is 11.8. The Labute approximate surface area is 127 Å². The molecule has 0 saturated heterocycles. The molecule has 1 amide bonds. The number of benzene rings is 1. The number of amides is 1. The molecule has 0 unspecified atom stereocenters. The molecule has 3 rings (SSSR count). The van der Waals surface area contributed by atoms with Gasteiger partial charge < -0.3 is 10.6 Å². The Balaban J connectivity index is 1.98. The molecule has 0 atom stereocenters. The maximum Gasteiger partial charge on any atom is 0.229 e. The lowest BCUT2D eigenvalue weighted by Crippen LogP contribution is -2.12. The van der Waals surface area contributed by atoms with Gasteiger partial charge in [0.2, 0.25) is 5.91 Å². The summed E-state index contributed by atoms with van der Waals surface area (Å²) >= 11 is 1.51. The van der Waals surface area contributed by atoms with E-state index in [1.54, 1.807) is 0 Å². The third-order valence-electron chi connectivity index (χ3n) is 3.42. The smallest absolute Gasteiger partial charge is 0.229 e. The van der Waals surface area contributed by atoms with E-state index in [1.807, 2.05) is 37.5 Å². The van der Waals surface area contributed by atoms with Crippen LogP contribution in [0.2, 0.25) is 0 Å². The highest BCUT2D eigenvalue weighted by Crippen LogP contribution is 2.35. The molecule has 2 aromatic rings. The SMILES string of the molecule is C=C/C(=C\NC)c1cccc2nc(NC(=O)C3CC3)sc12. The largest absolute Gasteiger partial charge is 0.393 e. The second kappa shape index (κ2) is 5.69. The second-order valence-corrected chi connectivity index (χ2v) is 6.03. The van der Waals surface area contributed by atoms with E-state index in [0.29, 0.717) is 5.13 Å². The minimum atomic E-state index is 0.0883. The van der Waals surface area contributed by atoms with Gasteiger partial charge in [0.1, 0.15) is 0 Å². The standard InChI is InChI=1S/C16H17N3OS/c1-3-10(9-17-2)12-5-4-6-13-14(12)21-16(18-13)19-15(20)11-7-8-11/h3-6,9,11,17H,1,7-8H2,2H3,(H,18,19,20)/b10-9+. The van der Waals surface area contributed by atoms with Crippen LogP contribution >= 0.6 is 11.3 Å². The van der Waals surface area contributed by atoms with E-state index >= 15 is 0 Å². The van der Waals surface area contributed by atoms with Crippen molar-refractivity contribution in [3.05, 3.63) is 42.6 Å². The molecule has 2 N–H and O–H groups in total. The number of anilines is 1. The topological polar surface area (TPSA) is 54.0 Å². The Kier molecular flexibility index (Phi) is 3.75. The third kappa shape index (κ3) is 2.83. The molecule has 1 fully saturated rings. The van der Waals surface area contributed by atoms with Gasteiger partial charge in [-0.05, 0) is 24.5 Å². The summed E-state index contributed by atoms with van der Waals surface area (Å²) in [7, 11) is 1.86. The fraction of sp³-hybridized carbons (Fsp3) is 0.250. The summed E-state index contributed by atoms with van der Waals surface area (Å²) in [5, 5.41) is 6.61. The van der Waals surface area contributed by atoms with E-state index in [9.17, 15) is 4.79 Å². The summed E-state index contributed by atoms with van der Waals surface area (Å²) in [5.74, 6) is 0.273. The van der Waals surface area contributed by atoms with Gasteiger partial charge in [-0.15, -0.1) is 0 Å². The lowest BCUT2D eigenvalue weighted by molar-refractivity contribution is -0.117. The van der Waals surface area contributed by atoms with Crippen molar-refractivity contribution in [2.24, 2.45) is 5.92 Å². The van der Waals surface area contributed by atoms with Gasteiger partial charge >= 0.3 is 0 Å². The highest BCUT2D eigenvalue weighted by molar-refractivity contribution is 7.22. The molecular weight excluding hydrogens is 282 g/mol. The molecule has 5 heteroatoms. The normalized spacial score (nSPS) is 15.0. The molecule has 1 aliphatic rings. The van der Waals surface area contributed by atoms with Gasteiger partial charge in [-0.1, -0.05) is 36.1 Å². The van der Waals surface area contributed by atoms with Crippen LogP contribution in [0.25, 0.3) is 15.8 Å². The minimum absolute atomic E-state index is 0.0883. The van der Waals surface area contributed by atoms with Gasteiger partial charge in [0, 0.05) is 24.7 Å². The zero-order valence-corrected chi connectivity index (χ0v) is 12.7. The number of nitrogens with one attached hydrogen (secondary N) is 2. The lowest BCUT2D eigenvalue weighted by Gasteiger charge is -2.03. The number of carbonyl (C=O) groups excluding carboxylic acids is 1. The Morgan fingerprint density at radius 3 is 2.95 bits per heavy atom. The number of fused-ring (bicyclic) bond motifs is 1. The second-order valence-electron chi connectivity index (χ2n) is 5.03. The molecule has 0 radical (unpaired) electrons. The third-order valence-corrected chi connectivity index (χ3v) is 4.44. The molecule has 1 aromatic heterocycles. The van der Waals surface area contributed by atoms with Gasteiger partial charge in [0.25, 0.3) is 0 Å². The van der Waals surface area contributed by atoms with Crippen molar-refractivity contribution in [3.8, 4) is 0 Å². The van der Waals surface area contributed by atoms with Gasteiger partial charge in [0.05, 0.1) is 10.2 Å². The Morgan fingerprint density at radius 1 is 1.48 bits per heavy atom. The maximum atomic E-state index is 11.8. The summed E-state index contributed by atoms with van der Waals surface area (Å²) in [6.45, 7) is 3.86. The Hall–Kier alpha value is -2.14. The molecule has 0 aliphatic heterocycles. The van der Waals surface area contributed by atoms with E-state index in [1.165, 1.54) is 11.3 Å². The van der Waals surface area contributed by atoms with Crippen molar-refractivity contribution in [2.75, 3.05) is 12.4 Å². The van der Waals surface area contributed by atoms with Crippen LogP contribution in [0.4, 0.5) is 5.13 Å². The number of allylic oxidation sites excluding steroid dienone is 2. The molecule has 1 saturated carbocycles. The fourth-order valence-electron chi connectivity index (χ4n) is 2.18. The molecule has 108 valence electrons. The monoisotopic (exact) mass is 299 g/mol. The van der Waals surface area contributed by atoms with Crippen molar-refractivity contribution < 1.29 is 4.79 Å². The molecule has 1 aliphatic carbocycles. The summed E-state index contributed by atoms with van der Waals surface area (Å²) in [4.78, 5) is 16.4. The van der Waals surface area contributed by atoms with Crippen LogP contribution in [0.3, 0.4) is 0 Å². The van der Waals surface area contributed by atoms with Crippen LogP contribution in [-0.2, 0) is 4.79 Å². The number of hydrogen-bond donors (Lipinski definition) is 2. The summed E-state index contributed by atoms with van der Waals surface area (Å²) < 4.78 is 1.06. The summed E-state index contributed by atoms with van der Waals surface area (Å²) in [5.41, 5.74) is 2.97. The number of aromatic nitrogens is 1. The quantitative estimate of drug-likeness (QED) is 0.832. The number of rotatable bonds is 5. The van der Waals surface area contributed by atoms with Gasteiger partial charge in [0.15, 0.2) is 5.13 Å². The van der Waals surface area contributed by atoms with Crippen LogP contribution in [0.1, 0.15) is 18.4 Å². The number of nitrogens with zero attached hydrogens (tertiary/aromatic N) is 1. The number of carbonyl (C=O) groups is 1. The predicted octanol–water partition coefficient (Wildman–Crippen LogP) is 3.39. The molecule has 21 heavy (non-hydrogen) atoms. The first-order valence-electron chi connectivity index (χ1n) is 6.93. The number of hydrogen-bond acceptors (Lipinski definition) is 4. The summed E-state index contributed by atoms with van der Waals surface area (Å²) in [6, 6.07) is 5.97. The Morgan fingerprint density at radius 2 is 2.29 bits per heavy atom. The van der Waals surface area contributed by atoms with Crippen molar-refractivity contribution in [2.45, 2.75) is 12.8 Å². The molecule has 0 bridgehead atoms. The van der Waals surface area contributed by atoms with E-state index in [4.69, 9.17) is 0 Å². The molecule has 1 aromatic carbocycles. The molecule has 0 spiro atoms.